The fourth-order valence-electron chi connectivity index (χ4n) is 3.14. The Morgan fingerprint density at radius 2 is 1.67 bits per heavy atom. The van der Waals surface area contributed by atoms with Gasteiger partial charge in [0.25, 0.3) is 11.8 Å². The second-order valence-electron chi connectivity index (χ2n) is 5.92. The molecule has 0 saturated carbocycles. The minimum absolute atomic E-state index is 0.201. The van der Waals surface area contributed by atoms with Crippen LogP contribution in [0.15, 0.2) is 24.3 Å². The van der Waals surface area contributed by atoms with E-state index in [2.05, 4.69) is 4.90 Å². The maximum absolute atomic E-state index is 12.3. The van der Waals surface area contributed by atoms with Crippen molar-refractivity contribution < 1.29 is 14.7 Å². The van der Waals surface area contributed by atoms with Gasteiger partial charge in [0.2, 0.25) is 0 Å². The highest BCUT2D eigenvalue weighted by atomic mass is 16.3. The number of likely N-dealkylation sites (tertiary alicyclic amines) is 1. The Kier molecular flexibility index (Phi) is 3.78. The molecule has 3 rings (SSSR count). The first kappa shape index (κ1) is 14.2. The van der Waals surface area contributed by atoms with Crippen LogP contribution in [0.3, 0.4) is 0 Å². The molecule has 1 aromatic carbocycles. The van der Waals surface area contributed by atoms with E-state index < -0.39 is 0 Å². The van der Waals surface area contributed by atoms with Crippen LogP contribution in [0, 0.1) is 5.92 Å². The van der Waals surface area contributed by atoms with E-state index in [1.807, 2.05) is 6.92 Å². The van der Waals surface area contributed by atoms with Crippen LogP contribution in [0.2, 0.25) is 0 Å². The Bertz CT molecular complexity index is 527. The highest BCUT2D eigenvalue weighted by Gasteiger charge is 2.36. The molecule has 0 radical (unpaired) electrons. The molecule has 1 fully saturated rings. The van der Waals surface area contributed by atoms with Crippen molar-refractivity contribution in [1.29, 1.82) is 0 Å². The van der Waals surface area contributed by atoms with Gasteiger partial charge in [0.05, 0.1) is 23.9 Å². The fraction of sp³-hybridized carbons (Fsp3) is 0.500. The number of aliphatic hydroxyl groups excluding tert-OH is 1. The number of imide groups is 1. The Morgan fingerprint density at radius 1 is 1.14 bits per heavy atom. The zero-order valence-electron chi connectivity index (χ0n) is 12.2. The molecule has 1 unspecified atom stereocenters. The molecule has 21 heavy (non-hydrogen) atoms. The predicted octanol–water partition coefficient (Wildman–Crippen LogP) is 1.33. The van der Waals surface area contributed by atoms with Crippen LogP contribution in [0.25, 0.3) is 0 Å². The van der Waals surface area contributed by atoms with Gasteiger partial charge in [-0.15, -0.1) is 0 Å². The number of fused-ring (bicyclic) bond motifs is 1. The van der Waals surface area contributed by atoms with Gasteiger partial charge in [-0.3, -0.25) is 19.4 Å². The number of hydrogen-bond acceptors (Lipinski definition) is 4. The first-order chi connectivity index (χ1) is 10.1. The molecular formula is C16H20N2O3. The highest BCUT2D eigenvalue weighted by Crippen LogP contribution is 2.25. The molecule has 1 saturated heterocycles. The molecule has 0 aromatic heterocycles. The summed E-state index contributed by atoms with van der Waals surface area (Å²) in [6.07, 6.45) is 1.52. The van der Waals surface area contributed by atoms with Crippen molar-refractivity contribution in [3.05, 3.63) is 35.4 Å². The Labute approximate surface area is 124 Å². The number of nitrogens with zero attached hydrogens (tertiary/aromatic N) is 2. The number of hydrogen-bond donors (Lipinski definition) is 1. The van der Waals surface area contributed by atoms with Crippen LogP contribution in [-0.4, -0.2) is 52.6 Å². The molecule has 2 amide bonds. The second kappa shape index (κ2) is 5.58. The SMILES string of the molecule is CC(O)C1CCN(CN2C(=O)c3ccccc3C2=O)CC1. The molecule has 5 nitrogen and oxygen atoms in total. The van der Waals surface area contributed by atoms with Gasteiger partial charge in [-0.25, -0.2) is 0 Å². The molecular weight excluding hydrogens is 268 g/mol. The average Bonchev–Trinajstić information content (AvgIpc) is 2.73. The molecule has 112 valence electrons. The molecule has 0 bridgehead atoms. The Hall–Kier alpha value is -1.72. The van der Waals surface area contributed by atoms with Crippen molar-refractivity contribution in [2.24, 2.45) is 5.92 Å². The Balaban J connectivity index is 1.65. The van der Waals surface area contributed by atoms with Crippen LogP contribution >= 0.6 is 0 Å². The third-order valence-corrected chi connectivity index (χ3v) is 4.53. The van der Waals surface area contributed by atoms with Crippen LogP contribution in [0.4, 0.5) is 0 Å². The van der Waals surface area contributed by atoms with E-state index in [9.17, 15) is 14.7 Å². The lowest BCUT2D eigenvalue weighted by atomic mass is 9.92. The largest absolute Gasteiger partial charge is 0.393 e. The number of carbonyl (C=O) groups excluding carboxylic acids is 2. The minimum Gasteiger partial charge on any atom is -0.393 e. The van der Waals surface area contributed by atoms with Gasteiger partial charge in [0.15, 0.2) is 0 Å². The molecule has 0 aliphatic carbocycles. The monoisotopic (exact) mass is 288 g/mol. The third-order valence-electron chi connectivity index (χ3n) is 4.53. The minimum atomic E-state index is -0.286. The van der Waals surface area contributed by atoms with Gasteiger partial charge in [-0.1, -0.05) is 12.1 Å². The molecule has 1 atom stereocenters. The van der Waals surface area contributed by atoms with E-state index in [-0.39, 0.29) is 17.9 Å². The maximum atomic E-state index is 12.3. The normalized spacial score (nSPS) is 21.7. The lowest BCUT2D eigenvalue weighted by Crippen LogP contribution is -2.45. The molecule has 2 aliphatic heterocycles. The first-order valence-electron chi connectivity index (χ1n) is 7.43. The van der Waals surface area contributed by atoms with Crippen molar-refractivity contribution in [3.8, 4) is 0 Å². The van der Waals surface area contributed by atoms with Gasteiger partial charge in [-0.2, -0.15) is 0 Å². The second-order valence-corrected chi connectivity index (χ2v) is 5.92. The smallest absolute Gasteiger partial charge is 0.262 e. The number of amides is 2. The van der Waals surface area contributed by atoms with E-state index in [1.54, 1.807) is 24.3 Å². The van der Waals surface area contributed by atoms with E-state index in [0.717, 1.165) is 25.9 Å². The summed E-state index contributed by atoms with van der Waals surface area (Å²) in [5.41, 5.74) is 1.00. The van der Waals surface area contributed by atoms with E-state index in [4.69, 9.17) is 0 Å². The van der Waals surface area contributed by atoms with Crippen LogP contribution in [-0.2, 0) is 0 Å². The quantitative estimate of drug-likeness (QED) is 0.853. The van der Waals surface area contributed by atoms with Crippen molar-refractivity contribution in [2.75, 3.05) is 19.8 Å². The van der Waals surface area contributed by atoms with Crippen molar-refractivity contribution >= 4 is 11.8 Å². The number of aliphatic hydroxyl groups is 1. The standard InChI is InChI=1S/C16H20N2O3/c1-11(19)12-6-8-17(9-7-12)10-18-15(20)13-4-2-3-5-14(13)16(18)21/h2-5,11-12,19H,6-10H2,1H3. The third kappa shape index (κ3) is 2.59. The summed E-state index contributed by atoms with van der Waals surface area (Å²) in [6, 6.07) is 6.97. The zero-order valence-corrected chi connectivity index (χ0v) is 12.2. The average molecular weight is 288 g/mol. The molecule has 1 N–H and O–H groups in total. The number of piperidine rings is 1. The summed E-state index contributed by atoms with van der Waals surface area (Å²) >= 11 is 0. The number of benzene rings is 1. The van der Waals surface area contributed by atoms with E-state index in [0.29, 0.717) is 23.7 Å². The summed E-state index contributed by atoms with van der Waals surface area (Å²) < 4.78 is 0. The lowest BCUT2D eigenvalue weighted by Gasteiger charge is -2.34. The summed E-state index contributed by atoms with van der Waals surface area (Å²) in [6.45, 7) is 3.79. The van der Waals surface area contributed by atoms with Crippen LogP contribution in [0.1, 0.15) is 40.5 Å². The molecule has 1 aromatic rings. The van der Waals surface area contributed by atoms with Gasteiger partial charge in [-0.05, 0) is 37.8 Å². The predicted molar refractivity (Wildman–Crippen MR) is 77.8 cm³/mol. The van der Waals surface area contributed by atoms with E-state index in [1.165, 1.54) is 4.90 Å². The van der Waals surface area contributed by atoms with Crippen molar-refractivity contribution in [1.82, 2.24) is 9.80 Å². The lowest BCUT2D eigenvalue weighted by molar-refractivity contribution is 0.0372. The van der Waals surface area contributed by atoms with Gasteiger partial charge >= 0.3 is 0 Å². The van der Waals surface area contributed by atoms with Crippen LogP contribution < -0.4 is 0 Å². The molecule has 5 heteroatoms. The molecule has 0 spiro atoms. The summed E-state index contributed by atoms with van der Waals surface area (Å²) in [7, 11) is 0. The number of rotatable bonds is 3. The van der Waals surface area contributed by atoms with Crippen LogP contribution in [0.5, 0.6) is 0 Å². The molecule has 2 aliphatic rings. The highest BCUT2D eigenvalue weighted by molar-refractivity contribution is 6.21. The van der Waals surface area contributed by atoms with Gasteiger partial charge in [0, 0.05) is 13.1 Å². The van der Waals surface area contributed by atoms with Gasteiger partial charge in [0.1, 0.15) is 0 Å². The first-order valence-corrected chi connectivity index (χ1v) is 7.43. The van der Waals surface area contributed by atoms with E-state index >= 15 is 0 Å². The summed E-state index contributed by atoms with van der Waals surface area (Å²) in [5, 5.41) is 9.61. The fourth-order valence-corrected chi connectivity index (χ4v) is 3.14. The molecule has 2 heterocycles. The Morgan fingerprint density at radius 3 is 2.14 bits per heavy atom. The number of carbonyl (C=O) groups is 2. The van der Waals surface area contributed by atoms with Crippen molar-refractivity contribution in [2.45, 2.75) is 25.9 Å². The summed E-state index contributed by atoms with van der Waals surface area (Å²) in [4.78, 5) is 28.0. The van der Waals surface area contributed by atoms with Gasteiger partial charge < -0.3 is 5.11 Å². The topological polar surface area (TPSA) is 60.9 Å². The zero-order chi connectivity index (χ0) is 15.0. The summed E-state index contributed by atoms with van der Waals surface area (Å²) in [5.74, 6) is -0.0788. The van der Waals surface area contributed by atoms with Crippen molar-refractivity contribution in [3.63, 3.8) is 0 Å². The maximum Gasteiger partial charge on any atom is 0.262 e.